The lowest BCUT2D eigenvalue weighted by atomic mass is 9.40. The predicted octanol–water partition coefficient (Wildman–Crippen LogP) is 4.81. The largest absolute Gasteiger partial charge is 0.149 e. The van der Waals surface area contributed by atoms with Gasteiger partial charge in [0.1, 0.15) is 6.71 Å². The lowest BCUT2D eigenvalue weighted by Crippen LogP contribution is -2.20. The van der Waals surface area contributed by atoms with Crippen LogP contribution in [-0.4, -0.2) is 6.71 Å². The van der Waals surface area contributed by atoms with Crippen LogP contribution >= 0.6 is 0 Å². The van der Waals surface area contributed by atoms with Crippen molar-refractivity contribution in [2.75, 3.05) is 0 Å². The zero-order valence-corrected chi connectivity index (χ0v) is 12.0. The average Bonchev–Trinajstić information content (AvgIpc) is 2.49. The summed E-state index contributed by atoms with van der Waals surface area (Å²) in [5.41, 5.74) is 2.87. The maximum Gasteiger partial charge on any atom is 0.149 e. The maximum atomic E-state index is 5.49. The zero-order chi connectivity index (χ0) is 14.0. The third-order valence-corrected chi connectivity index (χ3v) is 3.72. The number of allylic oxidation sites excluding steroid dienone is 1. The maximum absolute atomic E-state index is 5.49. The smallest absolute Gasteiger partial charge is 0.0846 e. The van der Waals surface area contributed by atoms with Crippen molar-refractivity contribution < 1.29 is 0 Å². The molecular weight excluding hydrogens is 239 g/mol. The van der Waals surface area contributed by atoms with Crippen LogP contribution in [0.2, 0.25) is 6.32 Å². The number of rotatable bonds is 8. The first kappa shape index (κ1) is 14.6. The Morgan fingerprint density at radius 1 is 0.800 bits per heavy atom. The Bertz CT molecular complexity index is 448. The fourth-order valence-electron chi connectivity index (χ4n) is 2.70. The van der Waals surface area contributed by atoms with E-state index in [0.717, 1.165) is 19.1 Å². The van der Waals surface area contributed by atoms with Crippen molar-refractivity contribution in [3.05, 3.63) is 84.4 Å². The molecule has 0 unspecified atom stereocenters. The summed E-state index contributed by atoms with van der Waals surface area (Å²) < 4.78 is 0. The SMILES string of the molecule is [CH]=CCCCB(Cc1ccccc1)Cc1ccccc1. The molecule has 1 heteroatoms. The second-order valence-corrected chi connectivity index (χ2v) is 5.41. The number of benzene rings is 2. The van der Waals surface area contributed by atoms with Gasteiger partial charge in [0.2, 0.25) is 0 Å². The Morgan fingerprint density at radius 2 is 1.30 bits per heavy atom. The molecular formula is C19H22B. The van der Waals surface area contributed by atoms with Crippen molar-refractivity contribution in [3.8, 4) is 0 Å². The minimum atomic E-state index is 0.694. The van der Waals surface area contributed by atoms with Crippen molar-refractivity contribution >= 4 is 6.71 Å². The summed E-state index contributed by atoms with van der Waals surface area (Å²) >= 11 is 0. The van der Waals surface area contributed by atoms with Gasteiger partial charge >= 0.3 is 0 Å². The van der Waals surface area contributed by atoms with Crippen LogP contribution in [0.3, 0.4) is 0 Å². The summed E-state index contributed by atoms with van der Waals surface area (Å²) in [4.78, 5) is 0. The van der Waals surface area contributed by atoms with Crippen molar-refractivity contribution in [2.24, 2.45) is 0 Å². The zero-order valence-electron chi connectivity index (χ0n) is 12.0. The Labute approximate surface area is 123 Å². The molecule has 2 aromatic rings. The summed E-state index contributed by atoms with van der Waals surface area (Å²) in [7, 11) is 0. The van der Waals surface area contributed by atoms with Crippen LogP contribution < -0.4 is 0 Å². The molecule has 20 heavy (non-hydrogen) atoms. The van der Waals surface area contributed by atoms with E-state index in [4.69, 9.17) is 6.58 Å². The first-order chi connectivity index (χ1) is 9.88. The normalized spacial score (nSPS) is 10.2. The van der Waals surface area contributed by atoms with Gasteiger partial charge in [-0.15, -0.1) is 0 Å². The minimum Gasteiger partial charge on any atom is -0.0846 e. The molecule has 0 heterocycles. The Hall–Kier alpha value is -1.76. The van der Waals surface area contributed by atoms with Crippen molar-refractivity contribution in [1.29, 1.82) is 0 Å². The van der Waals surface area contributed by atoms with E-state index in [1.165, 1.54) is 23.9 Å². The number of hydrogen-bond donors (Lipinski definition) is 0. The average molecular weight is 261 g/mol. The van der Waals surface area contributed by atoms with Gasteiger partial charge < -0.3 is 0 Å². The van der Waals surface area contributed by atoms with Gasteiger partial charge in [-0.2, -0.15) is 0 Å². The van der Waals surface area contributed by atoms with Crippen LogP contribution in [0.1, 0.15) is 24.0 Å². The molecule has 0 saturated heterocycles. The topological polar surface area (TPSA) is 0 Å². The molecule has 0 bridgehead atoms. The molecule has 1 radical (unpaired) electrons. The standard InChI is InChI=1S/C19H22B/c1-2-3-10-15-20(16-18-11-6-4-7-12-18)17-19-13-8-5-9-14-19/h1-2,4-9,11-14H,3,10,15-17H2. The highest BCUT2D eigenvalue weighted by molar-refractivity contribution is 6.57. The first-order valence-corrected chi connectivity index (χ1v) is 7.49. The molecule has 101 valence electrons. The summed E-state index contributed by atoms with van der Waals surface area (Å²) in [5.74, 6) is 0. The molecule has 0 amide bonds. The van der Waals surface area contributed by atoms with E-state index in [2.05, 4.69) is 60.7 Å². The van der Waals surface area contributed by atoms with Crippen LogP contribution in [0.4, 0.5) is 0 Å². The van der Waals surface area contributed by atoms with Crippen LogP contribution in [0, 0.1) is 6.58 Å². The Kier molecular flexibility index (Phi) is 6.17. The third kappa shape index (κ3) is 5.09. The molecule has 0 aliphatic carbocycles. The molecule has 0 nitrogen and oxygen atoms in total. The monoisotopic (exact) mass is 261 g/mol. The molecule has 0 atom stereocenters. The van der Waals surface area contributed by atoms with Gasteiger partial charge in [-0.3, -0.25) is 0 Å². The molecule has 0 aliphatic heterocycles. The highest BCUT2D eigenvalue weighted by atomic mass is 14.0. The van der Waals surface area contributed by atoms with E-state index in [0.29, 0.717) is 6.71 Å². The molecule has 0 aliphatic rings. The molecule has 0 N–H and O–H groups in total. The van der Waals surface area contributed by atoms with Gasteiger partial charge in [-0.1, -0.05) is 97.2 Å². The van der Waals surface area contributed by atoms with E-state index in [1.807, 2.05) is 0 Å². The van der Waals surface area contributed by atoms with Crippen molar-refractivity contribution in [2.45, 2.75) is 31.8 Å². The lowest BCUT2D eigenvalue weighted by Gasteiger charge is -2.13. The second kappa shape index (κ2) is 8.42. The van der Waals surface area contributed by atoms with Gasteiger partial charge in [-0.05, 0) is 19.1 Å². The van der Waals surface area contributed by atoms with E-state index in [-0.39, 0.29) is 0 Å². The highest BCUT2D eigenvalue weighted by Crippen LogP contribution is 2.14. The predicted molar refractivity (Wildman–Crippen MR) is 89.0 cm³/mol. The first-order valence-electron chi connectivity index (χ1n) is 7.49. The van der Waals surface area contributed by atoms with E-state index in [1.54, 1.807) is 6.08 Å². The molecule has 0 aromatic heterocycles. The van der Waals surface area contributed by atoms with Crippen LogP contribution in [0.5, 0.6) is 0 Å². The van der Waals surface area contributed by atoms with E-state index >= 15 is 0 Å². The van der Waals surface area contributed by atoms with Crippen LogP contribution in [0.15, 0.2) is 66.7 Å². The summed E-state index contributed by atoms with van der Waals surface area (Å²) in [6.45, 7) is 6.19. The van der Waals surface area contributed by atoms with E-state index < -0.39 is 0 Å². The fraction of sp³-hybridized carbons (Fsp3) is 0.263. The summed E-state index contributed by atoms with van der Waals surface area (Å²) in [5, 5.41) is 0. The van der Waals surface area contributed by atoms with Gasteiger partial charge in [0.25, 0.3) is 0 Å². The third-order valence-electron chi connectivity index (χ3n) is 3.72. The molecule has 2 rings (SSSR count). The molecule has 2 aromatic carbocycles. The van der Waals surface area contributed by atoms with Gasteiger partial charge in [0, 0.05) is 0 Å². The summed E-state index contributed by atoms with van der Waals surface area (Å²) in [6, 6.07) is 21.6. The van der Waals surface area contributed by atoms with Gasteiger partial charge in [0.05, 0.1) is 0 Å². The van der Waals surface area contributed by atoms with Gasteiger partial charge in [-0.25, -0.2) is 0 Å². The molecule has 0 fully saturated rings. The Balaban J connectivity index is 1.98. The van der Waals surface area contributed by atoms with Gasteiger partial charge in [0.15, 0.2) is 0 Å². The fourth-order valence-corrected chi connectivity index (χ4v) is 2.70. The molecule has 0 spiro atoms. The van der Waals surface area contributed by atoms with Crippen LogP contribution in [-0.2, 0) is 12.6 Å². The number of hydrogen-bond acceptors (Lipinski definition) is 0. The van der Waals surface area contributed by atoms with Crippen molar-refractivity contribution in [3.63, 3.8) is 0 Å². The highest BCUT2D eigenvalue weighted by Gasteiger charge is 2.14. The quantitative estimate of drug-likeness (QED) is 0.472. The lowest BCUT2D eigenvalue weighted by molar-refractivity contribution is 0.930. The number of unbranched alkanes of at least 4 members (excludes halogenated alkanes) is 1. The van der Waals surface area contributed by atoms with Crippen molar-refractivity contribution in [1.82, 2.24) is 0 Å². The van der Waals surface area contributed by atoms with E-state index in [9.17, 15) is 0 Å². The van der Waals surface area contributed by atoms with Crippen LogP contribution in [0.25, 0.3) is 0 Å². The minimum absolute atomic E-state index is 0.694. The summed E-state index contributed by atoms with van der Waals surface area (Å²) in [6.07, 6.45) is 7.51. The Morgan fingerprint density at radius 3 is 1.75 bits per heavy atom. The molecule has 0 saturated carbocycles. The second-order valence-electron chi connectivity index (χ2n) is 5.41.